The first kappa shape index (κ1) is 18.4. The van der Waals surface area contributed by atoms with Gasteiger partial charge in [-0.2, -0.15) is 0 Å². The molecule has 0 bridgehead atoms. The third-order valence-electron chi connectivity index (χ3n) is 2.86. The minimum absolute atomic E-state index is 0.0544. The Morgan fingerprint density at radius 2 is 1.92 bits per heavy atom. The molecule has 2 aromatic rings. The van der Waals surface area contributed by atoms with E-state index in [1.807, 2.05) is 0 Å². The molecule has 1 amide bonds. The van der Waals surface area contributed by atoms with Gasteiger partial charge in [-0.3, -0.25) is 10.1 Å². The number of benzene rings is 2. The highest BCUT2D eigenvalue weighted by Gasteiger charge is 2.18. The van der Waals surface area contributed by atoms with E-state index in [0.29, 0.717) is 6.07 Å². The Labute approximate surface area is 151 Å². The Bertz CT molecular complexity index is 818. The second kappa shape index (κ2) is 7.74. The van der Waals surface area contributed by atoms with Gasteiger partial charge in [-0.15, -0.1) is 0 Å². The summed E-state index contributed by atoms with van der Waals surface area (Å²) < 4.78 is 31.5. The number of methoxy groups -OCH3 is 1. The lowest BCUT2D eigenvalue weighted by Gasteiger charge is -2.13. The van der Waals surface area contributed by atoms with E-state index in [4.69, 9.17) is 40.2 Å². The molecule has 0 saturated carbocycles. The number of rotatable bonds is 3. The summed E-state index contributed by atoms with van der Waals surface area (Å²) >= 11 is 16.8. The first-order valence-corrected chi connectivity index (χ1v) is 7.58. The van der Waals surface area contributed by atoms with Gasteiger partial charge in [0.15, 0.2) is 5.11 Å². The predicted octanol–water partition coefficient (Wildman–Crippen LogP) is 4.41. The Morgan fingerprint density at radius 1 is 1.21 bits per heavy atom. The van der Waals surface area contributed by atoms with Crippen LogP contribution in [0.25, 0.3) is 0 Å². The van der Waals surface area contributed by atoms with E-state index in [1.54, 1.807) is 0 Å². The quantitative estimate of drug-likeness (QED) is 0.762. The molecule has 0 spiro atoms. The first-order valence-electron chi connectivity index (χ1n) is 6.42. The molecule has 0 aliphatic rings. The molecule has 0 unspecified atom stereocenters. The number of amides is 1. The maximum absolute atomic E-state index is 13.6. The van der Waals surface area contributed by atoms with E-state index in [9.17, 15) is 13.6 Å². The lowest BCUT2D eigenvalue weighted by Crippen LogP contribution is -2.34. The van der Waals surface area contributed by atoms with E-state index >= 15 is 0 Å². The molecule has 126 valence electrons. The molecule has 9 heteroatoms. The van der Waals surface area contributed by atoms with Crippen LogP contribution < -0.4 is 15.4 Å². The molecule has 0 radical (unpaired) electrons. The first-order chi connectivity index (χ1) is 11.3. The van der Waals surface area contributed by atoms with Crippen LogP contribution in [0.4, 0.5) is 14.5 Å². The van der Waals surface area contributed by atoms with Gasteiger partial charge in [0.1, 0.15) is 17.4 Å². The lowest BCUT2D eigenvalue weighted by atomic mass is 10.2. The van der Waals surface area contributed by atoms with Gasteiger partial charge in [0.2, 0.25) is 0 Å². The molecule has 0 atom stereocenters. The van der Waals surface area contributed by atoms with Gasteiger partial charge in [-0.1, -0.05) is 23.2 Å². The van der Waals surface area contributed by atoms with Gasteiger partial charge in [-0.05, 0) is 36.5 Å². The molecule has 24 heavy (non-hydrogen) atoms. The van der Waals surface area contributed by atoms with Gasteiger partial charge < -0.3 is 10.1 Å². The molecule has 4 nitrogen and oxygen atoms in total. The Balaban J connectivity index is 2.16. The normalized spacial score (nSPS) is 10.2. The summed E-state index contributed by atoms with van der Waals surface area (Å²) in [6.07, 6.45) is 0. The number of ether oxygens (including phenoxy) is 1. The van der Waals surface area contributed by atoms with Crippen LogP contribution in [0.2, 0.25) is 10.0 Å². The number of thiocarbonyl (C=S) groups is 1. The second-order valence-corrected chi connectivity index (χ2v) is 5.75. The zero-order valence-corrected chi connectivity index (χ0v) is 14.5. The van der Waals surface area contributed by atoms with Crippen LogP contribution in [0.5, 0.6) is 5.75 Å². The molecule has 2 aromatic carbocycles. The molecule has 0 aliphatic heterocycles. The summed E-state index contributed by atoms with van der Waals surface area (Å²) in [6.45, 7) is 0. The van der Waals surface area contributed by atoms with Crippen molar-refractivity contribution in [2.75, 3.05) is 12.4 Å². The van der Waals surface area contributed by atoms with Crippen molar-refractivity contribution in [1.29, 1.82) is 0 Å². The summed E-state index contributed by atoms with van der Waals surface area (Å²) in [4.78, 5) is 12.3. The van der Waals surface area contributed by atoms with Gasteiger partial charge in [-0.25, -0.2) is 8.78 Å². The van der Waals surface area contributed by atoms with Crippen molar-refractivity contribution in [2.45, 2.75) is 0 Å². The number of nitrogens with one attached hydrogen (secondary N) is 2. The fourth-order valence-corrected chi connectivity index (χ4v) is 2.62. The largest absolute Gasteiger partial charge is 0.494 e. The third kappa shape index (κ3) is 4.31. The second-order valence-electron chi connectivity index (χ2n) is 4.50. The van der Waals surface area contributed by atoms with Crippen molar-refractivity contribution in [3.05, 3.63) is 57.6 Å². The summed E-state index contributed by atoms with van der Waals surface area (Å²) in [6, 6.07) is 5.66. The van der Waals surface area contributed by atoms with Crippen LogP contribution in [0.15, 0.2) is 30.3 Å². The van der Waals surface area contributed by atoms with Crippen molar-refractivity contribution < 1.29 is 18.3 Å². The van der Waals surface area contributed by atoms with E-state index in [-0.39, 0.29) is 32.2 Å². The molecule has 0 aliphatic carbocycles. The average molecular weight is 391 g/mol. The highest BCUT2D eigenvalue weighted by atomic mass is 35.5. The van der Waals surface area contributed by atoms with Crippen LogP contribution in [-0.4, -0.2) is 18.1 Å². The highest BCUT2D eigenvalue weighted by Crippen LogP contribution is 2.32. The molecule has 0 fully saturated rings. The third-order valence-corrected chi connectivity index (χ3v) is 3.57. The van der Waals surface area contributed by atoms with Crippen molar-refractivity contribution >= 4 is 52.1 Å². The van der Waals surface area contributed by atoms with Crippen molar-refractivity contribution in [1.82, 2.24) is 5.32 Å². The van der Waals surface area contributed by atoms with E-state index < -0.39 is 17.5 Å². The highest BCUT2D eigenvalue weighted by molar-refractivity contribution is 7.80. The number of hydrogen-bond donors (Lipinski definition) is 2. The monoisotopic (exact) mass is 390 g/mol. The molecular weight excluding hydrogens is 381 g/mol. The maximum atomic E-state index is 13.6. The fourth-order valence-electron chi connectivity index (χ4n) is 1.85. The van der Waals surface area contributed by atoms with Crippen molar-refractivity contribution in [3.8, 4) is 5.75 Å². The van der Waals surface area contributed by atoms with E-state index in [1.165, 1.54) is 19.2 Å². The Hall–Kier alpha value is -1.96. The molecule has 2 N–H and O–H groups in total. The van der Waals surface area contributed by atoms with Crippen LogP contribution in [-0.2, 0) is 0 Å². The van der Waals surface area contributed by atoms with Gasteiger partial charge in [0.05, 0.1) is 23.4 Å². The molecule has 0 aromatic heterocycles. The van der Waals surface area contributed by atoms with Crippen LogP contribution in [0.1, 0.15) is 10.4 Å². The van der Waals surface area contributed by atoms with Crippen molar-refractivity contribution in [3.63, 3.8) is 0 Å². The smallest absolute Gasteiger partial charge is 0.261 e. The standard InChI is InChI=1S/C15H10Cl2F2N2O2S/c1-23-13-9(4-7(16)5-10(13)17)14(22)21-15(24)20-12-3-2-8(18)6-11(12)19/h2-6H,1H3,(H2,20,21,22,24). The van der Waals surface area contributed by atoms with Crippen LogP contribution >= 0.6 is 35.4 Å². The number of hydrogen-bond acceptors (Lipinski definition) is 3. The SMILES string of the molecule is COc1c(Cl)cc(Cl)cc1C(=O)NC(=S)Nc1ccc(F)cc1F. The number of anilines is 1. The Morgan fingerprint density at radius 3 is 2.54 bits per heavy atom. The summed E-state index contributed by atoms with van der Waals surface area (Å²) in [7, 11) is 1.34. The number of carbonyl (C=O) groups excluding carboxylic acids is 1. The van der Waals surface area contributed by atoms with Gasteiger partial charge >= 0.3 is 0 Å². The lowest BCUT2D eigenvalue weighted by molar-refractivity contribution is 0.0974. The average Bonchev–Trinajstić information content (AvgIpc) is 2.49. The minimum atomic E-state index is -0.852. The summed E-state index contributed by atoms with van der Waals surface area (Å²) in [5.74, 6) is -2.12. The maximum Gasteiger partial charge on any atom is 0.261 e. The summed E-state index contributed by atoms with van der Waals surface area (Å²) in [5, 5.41) is 4.99. The molecule has 0 heterocycles. The topological polar surface area (TPSA) is 50.4 Å². The van der Waals surface area contributed by atoms with Crippen LogP contribution in [0, 0.1) is 11.6 Å². The fraction of sp³-hybridized carbons (Fsp3) is 0.0667. The van der Waals surface area contributed by atoms with Gasteiger partial charge in [0, 0.05) is 11.1 Å². The predicted molar refractivity (Wildman–Crippen MR) is 93.1 cm³/mol. The van der Waals surface area contributed by atoms with E-state index in [0.717, 1.165) is 12.1 Å². The Kier molecular flexibility index (Phi) is 5.93. The van der Waals surface area contributed by atoms with Gasteiger partial charge in [0.25, 0.3) is 5.91 Å². The number of halogens is 4. The summed E-state index contributed by atoms with van der Waals surface area (Å²) in [5.41, 5.74) is -0.0310. The van der Waals surface area contributed by atoms with Crippen molar-refractivity contribution in [2.24, 2.45) is 0 Å². The molecule has 0 saturated heterocycles. The molecule has 2 rings (SSSR count). The van der Waals surface area contributed by atoms with E-state index in [2.05, 4.69) is 10.6 Å². The molecular formula is C15H10Cl2F2N2O2S. The zero-order chi connectivity index (χ0) is 17.9. The minimum Gasteiger partial charge on any atom is -0.494 e. The van der Waals surface area contributed by atoms with Crippen LogP contribution in [0.3, 0.4) is 0 Å². The zero-order valence-electron chi connectivity index (χ0n) is 12.1. The number of carbonyl (C=O) groups is 1.